The summed E-state index contributed by atoms with van der Waals surface area (Å²) >= 11 is 6.43. The fourth-order valence-electron chi connectivity index (χ4n) is 8.58. The maximum atomic E-state index is 13.6. The average Bonchev–Trinajstić information content (AvgIpc) is 3.13. The predicted molar refractivity (Wildman–Crippen MR) is 180 cm³/mol. The molecule has 11 heteroatoms. The van der Waals surface area contributed by atoms with Crippen LogP contribution in [-0.2, 0) is 45.7 Å². The number of hydrogen-bond acceptors (Lipinski definition) is 8. The second-order valence-electron chi connectivity index (χ2n) is 14.0. The van der Waals surface area contributed by atoms with Crippen LogP contribution in [-0.4, -0.2) is 69.0 Å². The van der Waals surface area contributed by atoms with Crippen LogP contribution < -0.4 is 4.72 Å². The largest absolute Gasteiger partial charge is 0.491 e. The molecule has 47 heavy (non-hydrogen) atoms. The van der Waals surface area contributed by atoms with E-state index in [0.29, 0.717) is 74.9 Å². The molecule has 5 aliphatic rings. The second-order valence-corrected chi connectivity index (χ2v) is 16.4. The molecule has 0 aromatic heterocycles. The van der Waals surface area contributed by atoms with Crippen molar-refractivity contribution in [3.05, 3.63) is 70.1 Å². The van der Waals surface area contributed by atoms with Crippen molar-refractivity contribution in [2.45, 2.75) is 94.3 Å². The molecule has 256 valence electrons. The van der Waals surface area contributed by atoms with Gasteiger partial charge in [-0.15, -0.1) is 0 Å². The van der Waals surface area contributed by atoms with E-state index in [4.69, 9.17) is 25.8 Å². The fraction of sp³-hybridized carbons (Fsp3) is 0.611. The van der Waals surface area contributed by atoms with Crippen LogP contribution in [0.5, 0.6) is 0 Å². The van der Waals surface area contributed by atoms with Crippen LogP contribution in [0.2, 0.25) is 5.02 Å². The predicted octanol–water partition coefficient (Wildman–Crippen LogP) is 5.73. The smallest absolute Gasteiger partial charge is 0.332 e. The minimum atomic E-state index is -3.95. The third kappa shape index (κ3) is 6.75. The minimum absolute atomic E-state index is 0.0523. The highest BCUT2D eigenvalue weighted by molar-refractivity contribution is 7.90. The fourth-order valence-corrected chi connectivity index (χ4v) is 10.2. The zero-order chi connectivity index (χ0) is 33.4. The number of esters is 1. The minimum Gasteiger partial charge on any atom is -0.491 e. The molecule has 6 rings (SSSR count). The molecule has 9 nitrogen and oxygen atoms in total. The van der Waals surface area contributed by atoms with Crippen molar-refractivity contribution in [2.75, 3.05) is 32.9 Å². The third-order valence-corrected chi connectivity index (χ3v) is 13.3. The number of ether oxygens (including phenoxy) is 3. The Labute approximate surface area is 283 Å². The highest BCUT2D eigenvalue weighted by Gasteiger charge is 2.53. The Hall–Kier alpha value is -2.82. The maximum absolute atomic E-state index is 13.6. The molecule has 2 saturated heterocycles. The molecular formula is C36H47ClN2O7S. The summed E-state index contributed by atoms with van der Waals surface area (Å²) in [6.07, 6.45) is 10.7. The molecule has 2 aliphatic carbocycles. The summed E-state index contributed by atoms with van der Waals surface area (Å²) < 4.78 is 47.8. The van der Waals surface area contributed by atoms with Crippen LogP contribution in [0.1, 0.15) is 82.8 Å². The lowest BCUT2D eigenvalue weighted by molar-refractivity contribution is -0.216. The van der Waals surface area contributed by atoms with Crippen molar-refractivity contribution in [1.29, 1.82) is 0 Å². The van der Waals surface area contributed by atoms with E-state index in [9.17, 15) is 18.0 Å². The first-order valence-electron chi connectivity index (χ1n) is 17.1. The number of amides is 1. The van der Waals surface area contributed by atoms with Gasteiger partial charge in [-0.25, -0.2) is 17.9 Å². The number of rotatable bonds is 1. The normalized spacial score (nSPS) is 34.1. The molecule has 0 bridgehead atoms. The van der Waals surface area contributed by atoms with Gasteiger partial charge in [-0.2, -0.15) is 0 Å². The van der Waals surface area contributed by atoms with Gasteiger partial charge in [-0.05, 0) is 100.0 Å². The summed E-state index contributed by atoms with van der Waals surface area (Å²) in [7, 11) is -3.95. The SMILES string of the molecule is C=C1OC[C@]2(CCCc3cc(Cl)ccc32)CN2C[C@@H]3CC[C@H]3[C@]3(CCCC[C@@H](CC)S(=O)(=O)NC(=O)/C(=C/C)C=C12)COCC(=O)O3. The van der Waals surface area contributed by atoms with E-state index in [-0.39, 0.29) is 35.4 Å². The van der Waals surface area contributed by atoms with Crippen molar-refractivity contribution < 1.29 is 32.2 Å². The van der Waals surface area contributed by atoms with Crippen molar-refractivity contribution in [3.8, 4) is 0 Å². The summed E-state index contributed by atoms with van der Waals surface area (Å²) in [4.78, 5) is 28.5. The molecule has 1 saturated carbocycles. The molecule has 1 aromatic rings. The first kappa shape index (κ1) is 34.1. The van der Waals surface area contributed by atoms with Crippen LogP contribution in [0.3, 0.4) is 0 Å². The summed E-state index contributed by atoms with van der Waals surface area (Å²) in [5.74, 6) is -0.296. The molecule has 3 heterocycles. The van der Waals surface area contributed by atoms with Crippen LogP contribution in [0.15, 0.2) is 54.0 Å². The number of nitrogens with zero attached hydrogens (tertiary/aromatic N) is 1. The molecule has 0 unspecified atom stereocenters. The van der Waals surface area contributed by atoms with Gasteiger partial charge < -0.3 is 19.1 Å². The summed E-state index contributed by atoms with van der Waals surface area (Å²) in [5.41, 5.74) is 2.21. The Bertz CT molecular complexity index is 1590. The molecular weight excluding hydrogens is 640 g/mol. The van der Waals surface area contributed by atoms with Crippen LogP contribution >= 0.6 is 11.6 Å². The van der Waals surface area contributed by atoms with Gasteiger partial charge in [0.15, 0.2) is 0 Å². The van der Waals surface area contributed by atoms with Crippen LogP contribution in [0.4, 0.5) is 0 Å². The number of carbonyl (C=O) groups is 2. The van der Waals surface area contributed by atoms with Crippen molar-refractivity contribution >= 4 is 33.5 Å². The zero-order valence-corrected chi connectivity index (χ0v) is 29.1. The van der Waals surface area contributed by atoms with E-state index in [1.165, 1.54) is 11.1 Å². The zero-order valence-electron chi connectivity index (χ0n) is 27.5. The molecule has 1 N–H and O–H groups in total. The molecule has 3 aliphatic heterocycles. The van der Waals surface area contributed by atoms with E-state index in [2.05, 4.69) is 28.3 Å². The van der Waals surface area contributed by atoms with E-state index in [1.807, 2.05) is 13.0 Å². The molecule has 1 aromatic carbocycles. The monoisotopic (exact) mass is 686 g/mol. The van der Waals surface area contributed by atoms with E-state index < -0.39 is 26.8 Å². The molecule has 0 radical (unpaired) electrons. The Morgan fingerprint density at radius 3 is 2.68 bits per heavy atom. The van der Waals surface area contributed by atoms with Gasteiger partial charge in [0.05, 0.1) is 24.2 Å². The first-order chi connectivity index (χ1) is 22.5. The number of allylic oxidation sites excluding steroid dienone is 1. The van der Waals surface area contributed by atoms with Crippen LogP contribution in [0, 0.1) is 11.8 Å². The van der Waals surface area contributed by atoms with Gasteiger partial charge in [0, 0.05) is 35.0 Å². The van der Waals surface area contributed by atoms with Gasteiger partial charge in [-0.3, -0.25) is 4.79 Å². The van der Waals surface area contributed by atoms with Gasteiger partial charge in [0.1, 0.15) is 18.0 Å². The highest BCUT2D eigenvalue weighted by Crippen LogP contribution is 2.49. The summed E-state index contributed by atoms with van der Waals surface area (Å²) in [5, 5.41) is -0.0173. The van der Waals surface area contributed by atoms with Crippen LogP contribution in [0.25, 0.3) is 0 Å². The standard InChI is InChI=1S/C36H47ClN2O7S/c1-4-25-18-32-24(3)45-22-35(15-8-9-26-17-28(37)12-14-30(26)35)21-39(32)19-27-11-13-31(27)36(23-44-20-33(40)46-36)16-7-6-10-29(5-2)47(42,43)38-34(25)41/h4,12,14,17-18,27,29,31H,3,5-11,13,15-16,19-23H2,1-2H3,(H,38,41)/b25-4+,32-18?/t27-,29+,31+,35-,36-/m0/s1. The molecule has 5 atom stereocenters. The molecule has 3 fully saturated rings. The number of nitrogens with one attached hydrogen (secondary N) is 1. The van der Waals surface area contributed by atoms with E-state index in [0.717, 1.165) is 32.1 Å². The maximum Gasteiger partial charge on any atom is 0.332 e. The highest BCUT2D eigenvalue weighted by atomic mass is 35.5. The summed E-state index contributed by atoms with van der Waals surface area (Å²) in [6.45, 7) is 9.83. The number of halogens is 1. The van der Waals surface area contributed by atoms with E-state index >= 15 is 0 Å². The first-order valence-corrected chi connectivity index (χ1v) is 19.0. The molecule has 1 amide bonds. The number of hydrogen-bond donors (Lipinski definition) is 1. The quantitative estimate of drug-likeness (QED) is 0.295. The summed E-state index contributed by atoms with van der Waals surface area (Å²) in [6, 6.07) is 6.11. The number of carbonyl (C=O) groups excluding carboxylic acids is 2. The van der Waals surface area contributed by atoms with Gasteiger partial charge in [0.2, 0.25) is 10.0 Å². The lowest BCUT2D eigenvalue weighted by atomic mass is 9.62. The Morgan fingerprint density at radius 2 is 1.96 bits per heavy atom. The number of fused-ring (bicyclic) bond motifs is 5. The topological polar surface area (TPSA) is 111 Å². The van der Waals surface area contributed by atoms with Gasteiger partial charge >= 0.3 is 5.97 Å². The lowest BCUT2D eigenvalue weighted by Gasteiger charge is -2.52. The van der Waals surface area contributed by atoms with Crippen molar-refractivity contribution in [1.82, 2.24) is 9.62 Å². The van der Waals surface area contributed by atoms with Gasteiger partial charge in [0.25, 0.3) is 5.91 Å². The number of benzene rings is 1. The number of sulfonamides is 1. The van der Waals surface area contributed by atoms with Crippen molar-refractivity contribution in [3.63, 3.8) is 0 Å². The van der Waals surface area contributed by atoms with Crippen molar-refractivity contribution in [2.24, 2.45) is 11.8 Å². The Morgan fingerprint density at radius 1 is 1.13 bits per heavy atom. The number of aryl methyl sites for hydroxylation is 1. The molecule has 2 spiro atoms. The lowest BCUT2D eigenvalue weighted by Crippen LogP contribution is -2.58. The van der Waals surface area contributed by atoms with Gasteiger partial charge in [-0.1, -0.05) is 43.7 Å². The Balaban J connectivity index is 1.44. The second kappa shape index (κ2) is 13.6. The average molecular weight is 687 g/mol. The third-order valence-electron chi connectivity index (χ3n) is 11.2. The Kier molecular flexibility index (Phi) is 9.85. The van der Waals surface area contributed by atoms with E-state index in [1.54, 1.807) is 19.1 Å².